The number of benzene rings is 4. The quantitative estimate of drug-likeness (QED) is 0.209. The Morgan fingerprint density at radius 1 is 0.947 bits per heavy atom. The highest BCUT2D eigenvalue weighted by molar-refractivity contribution is 7.92. The summed E-state index contributed by atoms with van der Waals surface area (Å²) in [5, 5.41) is 13.0. The first-order valence-corrected chi connectivity index (χ1v) is 13.8. The molecule has 0 aliphatic carbocycles. The smallest absolute Gasteiger partial charge is 0.261 e. The van der Waals surface area contributed by atoms with Crippen molar-refractivity contribution in [2.75, 3.05) is 4.72 Å². The van der Waals surface area contributed by atoms with Crippen molar-refractivity contribution in [2.24, 2.45) is 0 Å². The van der Waals surface area contributed by atoms with Crippen molar-refractivity contribution in [1.82, 2.24) is 5.32 Å². The van der Waals surface area contributed by atoms with Crippen molar-refractivity contribution in [3.05, 3.63) is 112 Å². The SMILES string of the molecule is C[C@@H](Cc1ccc(O)cc1)NC(=O)c1cc(Cl)ccc1NS(=O)(=O)c1ccc(Oc2ccccc2Cl)cc1. The predicted octanol–water partition coefficient (Wildman–Crippen LogP) is 6.65. The number of ether oxygens (including phenoxy) is 1. The van der Waals surface area contributed by atoms with Gasteiger partial charge in [0.25, 0.3) is 15.9 Å². The van der Waals surface area contributed by atoms with E-state index >= 15 is 0 Å². The number of nitrogens with one attached hydrogen (secondary N) is 2. The third-order valence-electron chi connectivity index (χ3n) is 5.52. The van der Waals surface area contributed by atoms with Crippen LogP contribution in [-0.2, 0) is 16.4 Å². The molecular formula is C28H24Cl2N2O5S. The predicted molar refractivity (Wildman–Crippen MR) is 149 cm³/mol. The van der Waals surface area contributed by atoms with Crippen molar-refractivity contribution < 1.29 is 23.1 Å². The minimum Gasteiger partial charge on any atom is -0.508 e. The lowest BCUT2D eigenvalue weighted by atomic mass is 10.1. The maximum Gasteiger partial charge on any atom is 0.261 e. The van der Waals surface area contributed by atoms with Gasteiger partial charge in [0.15, 0.2) is 0 Å². The fourth-order valence-corrected chi connectivity index (χ4v) is 5.10. The maximum atomic E-state index is 13.1. The fourth-order valence-electron chi connectivity index (χ4n) is 3.68. The highest BCUT2D eigenvalue weighted by Crippen LogP contribution is 2.30. The van der Waals surface area contributed by atoms with Crippen molar-refractivity contribution in [1.29, 1.82) is 0 Å². The summed E-state index contributed by atoms with van der Waals surface area (Å²) in [6.07, 6.45) is 0.510. The molecule has 0 bridgehead atoms. The molecule has 38 heavy (non-hydrogen) atoms. The summed E-state index contributed by atoms with van der Waals surface area (Å²) in [4.78, 5) is 13.0. The molecule has 3 N–H and O–H groups in total. The second-order valence-corrected chi connectivity index (χ2v) is 11.1. The molecule has 0 heterocycles. The zero-order chi connectivity index (χ0) is 27.3. The van der Waals surface area contributed by atoms with Crippen LogP contribution in [0.5, 0.6) is 17.2 Å². The van der Waals surface area contributed by atoms with Crippen LogP contribution in [0.1, 0.15) is 22.8 Å². The monoisotopic (exact) mass is 570 g/mol. The number of halogens is 2. The molecule has 0 saturated carbocycles. The van der Waals surface area contributed by atoms with Crippen LogP contribution in [0.2, 0.25) is 10.0 Å². The zero-order valence-electron chi connectivity index (χ0n) is 20.2. The molecular weight excluding hydrogens is 547 g/mol. The summed E-state index contributed by atoms with van der Waals surface area (Å²) >= 11 is 12.2. The standard InChI is InChI=1S/C28H24Cl2N2O5S/c1-18(16-19-6-9-21(33)10-7-19)31-28(34)24-17-20(29)8-15-26(24)32-38(35,36)23-13-11-22(12-14-23)37-27-5-3-2-4-25(27)30/h2-15,17-18,32-33H,16H2,1H3,(H,31,34)/t18-/m0/s1. The number of carbonyl (C=O) groups excluding carboxylic acids is 1. The first-order valence-electron chi connectivity index (χ1n) is 11.5. The molecule has 0 saturated heterocycles. The topological polar surface area (TPSA) is 105 Å². The third-order valence-corrected chi connectivity index (χ3v) is 7.45. The highest BCUT2D eigenvalue weighted by atomic mass is 35.5. The molecule has 0 spiro atoms. The normalized spacial score (nSPS) is 12.0. The minimum absolute atomic E-state index is 0.0222. The Morgan fingerprint density at radius 3 is 2.32 bits per heavy atom. The lowest BCUT2D eigenvalue weighted by molar-refractivity contribution is 0.0941. The third kappa shape index (κ3) is 6.98. The number of aromatic hydroxyl groups is 1. The average molecular weight is 571 g/mol. The number of sulfonamides is 1. The molecule has 1 amide bonds. The molecule has 0 unspecified atom stereocenters. The van der Waals surface area contributed by atoms with Crippen LogP contribution in [-0.4, -0.2) is 25.5 Å². The average Bonchev–Trinajstić information content (AvgIpc) is 2.88. The van der Waals surface area contributed by atoms with Gasteiger partial charge in [0, 0.05) is 11.1 Å². The van der Waals surface area contributed by atoms with Gasteiger partial charge in [0.2, 0.25) is 0 Å². The van der Waals surface area contributed by atoms with Gasteiger partial charge in [0.05, 0.1) is 21.2 Å². The number of carbonyl (C=O) groups is 1. The lowest BCUT2D eigenvalue weighted by Gasteiger charge is -2.17. The van der Waals surface area contributed by atoms with E-state index in [0.717, 1.165) is 5.56 Å². The summed E-state index contributed by atoms with van der Waals surface area (Å²) in [6, 6.07) is 23.5. The lowest BCUT2D eigenvalue weighted by Crippen LogP contribution is -2.34. The Morgan fingerprint density at radius 2 is 1.63 bits per heavy atom. The first-order chi connectivity index (χ1) is 18.1. The summed E-state index contributed by atoms with van der Waals surface area (Å²) in [7, 11) is -4.04. The van der Waals surface area contributed by atoms with Gasteiger partial charge < -0.3 is 15.2 Å². The number of para-hydroxylation sites is 1. The van der Waals surface area contributed by atoms with Gasteiger partial charge in [-0.3, -0.25) is 9.52 Å². The molecule has 0 aliphatic rings. The first kappa shape index (κ1) is 27.3. The largest absolute Gasteiger partial charge is 0.508 e. The molecule has 4 aromatic rings. The van der Waals surface area contributed by atoms with E-state index < -0.39 is 15.9 Å². The molecule has 4 aromatic carbocycles. The van der Waals surface area contributed by atoms with Gasteiger partial charge in [-0.25, -0.2) is 8.42 Å². The summed E-state index contributed by atoms with van der Waals surface area (Å²) in [5.41, 5.74) is 1.09. The van der Waals surface area contributed by atoms with E-state index in [1.165, 1.54) is 42.5 Å². The van der Waals surface area contributed by atoms with Crippen LogP contribution >= 0.6 is 23.2 Å². The molecule has 0 aliphatic heterocycles. The van der Waals surface area contributed by atoms with Gasteiger partial charge in [-0.2, -0.15) is 0 Å². The Kier molecular flexibility index (Phi) is 8.46. The highest BCUT2D eigenvalue weighted by Gasteiger charge is 2.21. The van der Waals surface area contributed by atoms with E-state index in [0.29, 0.717) is 22.9 Å². The Hall–Kier alpha value is -3.72. The molecule has 0 aromatic heterocycles. The van der Waals surface area contributed by atoms with Gasteiger partial charge in [0.1, 0.15) is 17.2 Å². The molecule has 196 valence electrons. The van der Waals surface area contributed by atoms with Crippen LogP contribution in [0.15, 0.2) is 95.9 Å². The van der Waals surface area contributed by atoms with Crippen molar-refractivity contribution >= 4 is 44.8 Å². The summed E-state index contributed by atoms with van der Waals surface area (Å²) in [5.74, 6) is 0.523. The number of rotatable bonds is 9. The van der Waals surface area contributed by atoms with E-state index in [9.17, 15) is 18.3 Å². The Labute approximate surface area is 231 Å². The zero-order valence-corrected chi connectivity index (χ0v) is 22.5. The van der Waals surface area contributed by atoms with Crippen LogP contribution in [0.3, 0.4) is 0 Å². The number of amides is 1. The number of phenolic OH excluding ortho intramolecular Hbond substituents is 1. The van der Waals surface area contributed by atoms with Gasteiger partial charge >= 0.3 is 0 Å². The number of anilines is 1. The molecule has 7 nitrogen and oxygen atoms in total. The fraction of sp³-hybridized carbons (Fsp3) is 0.107. The number of hydrogen-bond acceptors (Lipinski definition) is 5. The number of hydrogen-bond donors (Lipinski definition) is 3. The van der Waals surface area contributed by atoms with E-state index in [2.05, 4.69) is 10.0 Å². The maximum absolute atomic E-state index is 13.1. The van der Waals surface area contributed by atoms with Crippen molar-refractivity contribution in [3.8, 4) is 17.2 Å². The van der Waals surface area contributed by atoms with E-state index in [-0.39, 0.29) is 33.0 Å². The van der Waals surface area contributed by atoms with Crippen LogP contribution < -0.4 is 14.8 Å². The second-order valence-electron chi connectivity index (χ2n) is 8.54. The van der Waals surface area contributed by atoms with E-state index in [1.54, 1.807) is 48.5 Å². The van der Waals surface area contributed by atoms with Crippen LogP contribution in [0, 0.1) is 0 Å². The molecule has 0 fully saturated rings. The Balaban J connectivity index is 1.48. The molecule has 1 atom stereocenters. The van der Waals surface area contributed by atoms with E-state index in [4.69, 9.17) is 27.9 Å². The molecule has 10 heteroatoms. The number of phenols is 1. The minimum atomic E-state index is -4.04. The van der Waals surface area contributed by atoms with Crippen LogP contribution in [0.4, 0.5) is 5.69 Å². The van der Waals surface area contributed by atoms with E-state index in [1.807, 2.05) is 6.92 Å². The van der Waals surface area contributed by atoms with Gasteiger partial charge in [-0.1, -0.05) is 47.5 Å². The second kappa shape index (κ2) is 11.8. The van der Waals surface area contributed by atoms with Crippen molar-refractivity contribution in [2.45, 2.75) is 24.3 Å². The van der Waals surface area contributed by atoms with Gasteiger partial charge in [-0.15, -0.1) is 0 Å². The molecule has 4 rings (SSSR count). The van der Waals surface area contributed by atoms with Crippen molar-refractivity contribution in [3.63, 3.8) is 0 Å². The summed E-state index contributed by atoms with van der Waals surface area (Å²) in [6.45, 7) is 1.82. The summed E-state index contributed by atoms with van der Waals surface area (Å²) < 4.78 is 34.4. The van der Waals surface area contributed by atoms with Gasteiger partial charge in [-0.05, 0) is 85.6 Å². The Bertz CT molecular complexity index is 1540. The molecule has 0 radical (unpaired) electrons. The van der Waals surface area contributed by atoms with Crippen LogP contribution in [0.25, 0.3) is 0 Å².